The number of benzene rings is 1. The lowest BCUT2D eigenvalue weighted by Gasteiger charge is -2.42. The van der Waals surface area contributed by atoms with Crippen LogP contribution in [0.4, 0.5) is 0 Å². The zero-order chi connectivity index (χ0) is 14.3. The molecule has 2 aliphatic rings. The highest BCUT2D eigenvalue weighted by Gasteiger charge is 2.39. The Kier molecular flexibility index (Phi) is 3.70. The predicted molar refractivity (Wildman–Crippen MR) is 76.0 cm³/mol. The number of nitrogens with zero attached hydrogens (tertiary/aromatic N) is 1. The zero-order valence-electron chi connectivity index (χ0n) is 11.9. The topological polar surface area (TPSA) is 48.0 Å². The van der Waals surface area contributed by atoms with Gasteiger partial charge in [0.15, 0.2) is 11.5 Å². The summed E-state index contributed by atoms with van der Waals surface area (Å²) in [5, 5.41) is 0. The summed E-state index contributed by atoms with van der Waals surface area (Å²) in [6.07, 6.45) is 0.841. The molecule has 0 amide bonds. The van der Waals surface area contributed by atoms with Gasteiger partial charge in [0.2, 0.25) is 11.3 Å². The van der Waals surface area contributed by atoms with Gasteiger partial charge in [-0.3, -0.25) is 4.18 Å². The van der Waals surface area contributed by atoms with E-state index in [1.165, 1.54) is 11.1 Å². The Morgan fingerprint density at radius 3 is 2.70 bits per heavy atom. The molecule has 6 heteroatoms. The minimum absolute atomic E-state index is 0.119. The molecule has 0 radical (unpaired) electrons. The molecule has 0 N–H and O–H groups in total. The molecule has 20 heavy (non-hydrogen) atoms. The minimum atomic E-state index is -1.34. The summed E-state index contributed by atoms with van der Waals surface area (Å²) in [6, 6.07) is 4.17. The molecule has 1 unspecified atom stereocenters. The van der Waals surface area contributed by atoms with Gasteiger partial charge in [-0.05, 0) is 29.7 Å². The van der Waals surface area contributed by atoms with Crippen molar-refractivity contribution in [3.05, 3.63) is 23.3 Å². The maximum atomic E-state index is 12.0. The largest absolute Gasteiger partial charge is 0.493 e. The van der Waals surface area contributed by atoms with Gasteiger partial charge in [-0.15, -0.1) is 0 Å². The second-order valence-corrected chi connectivity index (χ2v) is 6.36. The maximum absolute atomic E-state index is 12.0. The van der Waals surface area contributed by atoms with Crippen LogP contribution in [0.3, 0.4) is 0 Å². The van der Waals surface area contributed by atoms with Crippen molar-refractivity contribution in [1.29, 1.82) is 0 Å². The maximum Gasteiger partial charge on any atom is 0.237 e. The number of hydrogen-bond acceptors (Lipinski definition) is 4. The van der Waals surface area contributed by atoms with Crippen LogP contribution in [0.25, 0.3) is 0 Å². The van der Waals surface area contributed by atoms with E-state index in [0.29, 0.717) is 12.5 Å². The summed E-state index contributed by atoms with van der Waals surface area (Å²) in [7, 11) is 3.28. The van der Waals surface area contributed by atoms with Crippen LogP contribution in [-0.2, 0) is 21.9 Å². The summed E-state index contributed by atoms with van der Waals surface area (Å²) in [6.45, 7) is 3.38. The Bertz CT molecular complexity index is 548. The Morgan fingerprint density at radius 1 is 1.30 bits per heavy atom. The highest BCUT2D eigenvalue weighted by Crippen LogP contribution is 2.43. The summed E-state index contributed by atoms with van der Waals surface area (Å²) in [4.78, 5) is 0. The van der Waals surface area contributed by atoms with Crippen LogP contribution >= 0.6 is 0 Å². The molecule has 2 aliphatic heterocycles. The predicted octanol–water partition coefficient (Wildman–Crippen LogP) is 1.85. The highest BCUT2D eigenvalue weighted by molar-refractivity contribution is 7.77. The quantitative estimate of drug-likeness (QED) is 0.836. The summed E-state index contributed by atoms with van der Waals surface area (Å²) in [5.74, 6) is 1.77. The first-order valence-corrected chi connectivity index (χ1v) is 7.75. The van der Waals surface area contributed by atoms with E-state index in [0.717, 1.165) is 24.5 Å². The normalized spacial score (nSPS) is 29.4. The molecule has 1 aromatic rings. The summed E-state index contributed by atoms with van der Waals surface area (Å²) < 4.78 is 30.0. The van der Waals surface area contributed by atoms with Gasteiger partial charge in [0.25, 0.3) is 0 Å². The van der Waals surface area contributed by atoms with Crippen LogP contribution in [0, 0.1) is 5.92 Å². The molecule has 1 saturated heterocycles. The van der Waals surface area contributed by atoms with Crippen LogP contribution < -0.4 is 9.47 Å². The van der Waals surface area contributed by atoms with E-state index in [9.17, 15) is 4.21 Å². The van der Waals surface area contributed by atoms with Crippen molar-refractivity contribution in [2.24, 2.45) is 5.92 Å². The van der Waals surface area contributed by atoms with Gasteiger partial charge in [0.1, 0.15) is 0 Å². The van der Waals surface area contributed by atoms with Crippen molar-refractivity contribution in [2.45, 2.75) is 19.4 Å². The molecular weight excluding hydrogens is 278 g/mol. The van der Waals surface area contributed by atoms with Gasteiger partial charge in [-0.2, -0.15) is 4.31 Å². The molecule has 0 spiro atoms. The Labute approximate surface area is 121 Å². The lowest BCUT2D eigenvalue weighted by molar-refractivity contribution is 0.123. The molecule has 1 aromatic carbocycles. The Balaban J connectivity index is 2.08. The first kappa shape index (κ1) is 13.9. The first-order valence-electron chi connectivity index (χ1n) is 6.72. The van der Waals surface area contributed by atoms with E-state index in [4.69, 9.17) is 13.7 Å². The van der Waals surface area contributed by atoms with Gasteiger partial charge in [0.05, 0.1) is 26.9 Å². The molecule has 2 heterocycles. The average molecular weight is 297 g/mol. The number of rotatable bonds is 2. The molecular formula is C14H19NO4S. The van der Waals surface area contributed by atoms with E-state index < -0.39 is 11.3 Å². The van der Waals surface area contributed by atoms with Gasteiger partial charge >= 0.3 is 0 Å². The fourth-order valence-corrected chi connectivity index (χ4v) is 4.25. The molecule has 0 saturated carbocycles. The van der Waals surface area contributed by atoms with Gasteiger partial charge in [-0.25, -0.2) is 4.21 Å². The molecule has 0 aliphatic carbocycles. The number of ether oxygens (including phenoxy) is 2. The van der Waals surface area contributed by atoms with Crippen molar-refractivity contribution < 1.29 is 17.9 Å². The van der Waals surface area contributed by atoms with E-state index in [-0.39, 0.29) is 6.04 Å². The minimum Gasteiger partial charge on any atom is -0.493 e. The van der Waals surface area contributed by atoms with E-state index in [1.54, 1.807) is 14.2 Å². The molecule has 110 valence electrons. The molecule has 3 rings (SSSR count). The van der Waals surface area contributed by atoms with Crippen molar-refractivity contribution in [1.82, 2.24) is 4.31 Å². The van der Waals surface area contributed by atoms with Crippen LogP contribution in [0.15, 0.2) is 12.1 Å². The molecule has 3 atom stereocenters. The second-order valence-electron chi connectivity index (χ2n) is 5.22. The van der Waals surface area contributed by atoms with E-state index >= 15 is 0 Å². The third-order valence-corrected chi connectivity index (χ3v) is 5.17. The van der Waals surface area contributed by atoms with Crippen molar-refractivity contribution >= 4 is 11.3 Å². The van der Waals surface area contributed by atoms with Crippen molar-refractivity contribution in [3.63, 3.8) is 0 Å². The summed E-state index contributed by atoms with van der Waals surface area (Å²) >= 11 is -1.34. The van der Waals surface area contributed by atoms with Crippen LogP contribution in [0.1, 0.15) is 24.1 Å². The van der Waals surface area contributed by atoms with E-state index in [2.05, 4.69) is 6.92 Å². The number of methoxy groups -OCH3 is 2. The molecule has 5 nitrogen and oxygen atoms in total. The number of fused-ring (bicyclic) bond motifs is 3. The van der Waals surface area contributed by atoms with Crippen molar-refractivity contribution in [3.8, 4) is 11.5 Å². The standard InChI is InChI=1S/C14H19NO4S/c1-9-8-19-20(16)15-5-4-10-6-12(17-2)13(18-3)7-11(10)14(9)15/h6-7,9,14H,4-5,8H2,1-3H3/t9-,14-,20?/m1/s1. The molecule has 0 aromatic heterocycles. The third-order valence-electron chi connectivity index (χ3n) is 4.04. The highest BCUT2D eigenvalue weighted by atomic mass is 32.2. The first-order chi connectivity index (χ1) is 9.65. The average Bonchev–Trinajstić information content (AvgIpc) is 2.48. The van der Waals surface area contributed by atoms with Gasteiger partial charge in [0, 0.05) is 12.5 Å². The number of hydrogen-bond donors (Lipinski definition) is 0. The van der Waals surface area contributed by atoms with Crippen LogP contribution in [-0.4, -0.2) is 35.9 Å². The van der Waals surface area contributed by atoms with Gasteiger partial charge in [-0.1, -0.05) is 6.92 Å². The summed E-state index contributed by atoms with van der Waals surface area (Å²) in [5.41, 5.74) is 2.42. The monoisotopic (exact) mass is 297 g/mol. The van der Waals surface area contributed by atoms with Crippen LogP contribution in [0.2, 0.25) is 0 Å². The SMILES string of the molecule is COc1cc2c(cc1OC)[C@H]1[C@H](C)COS(=O)N1CC2. The Hall–Kier alpha value is -1.11. The fourth-order valence-electron chi connectivity index (χ4n) is 3.04. The van der Waals surface area contributed by atoms with Crippen molar-refractivity contribution in [2.75, 3.05) is 27.4 Å². The van der Waals surface area contributed by atoms with Crippen LogP contribution in [0.5, 0.6) is 11.5 Å². The molecule has 0 bridgehead atoms. The molecule has 1 fully saturated rings. The smallest absolute Gasteiger partial charge is 0.237 e. The Morgan fingerprint density at radius 2 is 2.00 bits per heavy atom. The van der Waals surface area contributed by atoms with Gasteiger partial charge < -0.3 is 9.47 Å². The third kappa shape index (κ3) is 2.12. The lowest BCUT2D eigenvalue weighted by Crippen LogP contribution is -2.45. The lowest BCUT2D eigenvalue weighted by atomic mass is 9.87. The zero-order valence-corrected chi connectivity index (χ0v) is 12.7. The fraction of sp³-hybridized carbons (Fsp3) is 0.571. The van der Waals surface area contributed by atoms with E-state index in [1.807, 2.05) is 16.4 Å². The second kappa shape index (κ2) is 5.35.